The second-order valence-corrected chi connectivity index (χ2v) is 8.46. The summed E-state index contributed by atoms with van der Waals surface area (Å²) in [5.41, 5.74) is 0. The Morgan fingerprint density at radius 1 is 1.22 bits per heavy atom. The molecule has 0 radical (unpaired) electrons. The molecule has 8 atom stereocenters. The summed E-state index contributed by atoms with van der Waals surface area (Å²) in [5.74, 6) is 0.535. The number of amides is 3. The summed E-state index contributed by atoms with van der Waals surface area (Å²) >= 11 is 1.82. The zero-order valence-corrected chi connectivity index (χ0v) is 15.6. The Bertz CT molecular complexity index is 554. The summed E-state index contributed by atoms with van der Waals surface area (Å²) in [5, 5.41) is 47.4. The number of unbranched alkanes of at least 4 members (excludes halogenated alkanes) is 1. The normalized spacial score (nSPS) is 41.0. The molecular weight excluding hydrogens is 378 g/mol. The number of nitrogens with one attached hydrogen (secondary N) is 3. The number of hydrogen-bond donors (Lipinski definition) is 7. The van der Waals surface area contributed by atoms with Gasteiger partial charge in [0, 0.05) is 17.4 Å². The minimum Gasteiger partial charge on any atom is -0.394 e. The lowest BCUT2D eigenvalue weighted by molar-refractivity contribution is -0.253. The van der Waals surface area contributed by atoms with Crippen LogP contribution >= 0.6 is 11.8 Å². The minimum absolute atomic E-state index is 0.118. The molecule has 3 aliphatic rings. The standard InChI is InChI=1S/C16H27N3O7S/c20-5-8-13(22)14(23)12(15(24)26-8)18-10(21)4-2-1-3-9-11-7(6-27-9)17-16(25)19-11/h7-9,11-15,20,22-24H,1-6H2,(H,18,21)(H2,17,19,25)/t7-,8+,9-,11-,12+,13+,14+,15+/m0/s1. The third-order valence-corrected chi connectivity index (χ3v) is 6.82. The van der Waals surface area contributed by atoms with Gasteiger partial charge in [-0.15, -0.1) is 0 Å². The molecule has 27 heavy (non-hydrogen) atoms. The van der Waals surface area contributed by atoms with Crippen LogP contribution in [0, 0.1) is 0 Å². The molecule has 0 spiro atoms. The average molecular weight is 405 g/mol. The number of fused-ring (bicyclic) bond motifs is 1. The summed E-state index contributed by atoms with van der Waals surface area (Å²) in [4.78, 5) is 23.4. The lowest BCUT2D eigenvalue weighted by Gasteiger charge is -2.40. The van der Waals surface area contributed by atoms with Crippen molar-refractivity contribution in [3.63, 3.8) is 0 Å². The van der Waals surface area contributed by atoms with Gasteiger partial charge in [-0.1, -0.05) is 6.42 Å². The fraction of sp³-hybridized carbons (Fsp3) is 0.875. The number of carbonyl (C=O) groups is 2. The van der Waals surface area contributed by atoms with E-state index in [1.54, 1.807) is 0 Å². The van der Waals surface area contributed by atoms with Gasteiger partial charge in [-0.25, -0.2) is 4.79 Å². The monoisotopic (exact) mass is 405 g/mol. The summed E-state index contributed by atoms with van der Waals surface area (Å²) < 4.78 is 5.01. The van der Waals surface area contributed by atoms with Gasteiger partial charge in [0.05, 0.1) is 18.7 Å². The van der Waals surface area contributed by atoms with Crippen molar-refractivity contribution in [1.29, 1.82) is 0 Å². The number of hydrogen-bond acceptors (Lipinski definition) is 8. The highest BCUT2D eigenvalue weighted by atomic mass is 32.2. The Morgan fingerprint density at radius 2 is 2.00 bits per heavy atom. The van der Waals surface area contributed by atoms with Gasteiger partial charge in [-0.3, -0.25) is 4.79 Å². The first-order chi connectivity index (χ1) is 12.9. The number of aliphatic hydroxyl groups is 4. The third-order valence-electron chi connectivity index (χ3n) is 5.31. The Morgan fingerprint density at radius 3 is 2.74 bits per heavy atom. The fourth-order valence-corrected chi connectivity index (χ4v) is 5.33. The molecule has 0 aliphatic carbocycles. The molecule has 3 rings (SSSR count). The van der Waals surface area contributed by atoms with Crippen molar-refractivity contribution in [2.75, 3.05) is 12.4 Å². The molecule has 0 saturated carbocycles. The van der Waals surface area contributed by atoms with E-state index in [0.29, 0.717) is 11.7 Å². The zero-order chi connectivity index (χ0) is 19.6. The van der Waals surface area contributed by atoms with Gasteiger partial charge in [0.25, 0.3) is 0 Å². The van der Waals surface area contributed by atoms with Gasteiger partial charge < -0.3 is 41.1 Å². The zero-order valence-electron chi connectivity index (χ0n) is 14.8. The first kappa shape index (κ1) is 20.6. The van der Waals surface area contributed by atoms with Crippen molar-refractivity contribution in [3.8, 4) is 0 Å². The van der Waals surface area contributed by atoms with Crippen molar-refractivity contribution < 1.29 is 34.8 Å². The second-order valence-electron chi connectivity index (χ2n) is 7.19. The van der Waals surface area contributed by atoms with Gasteiger partial charge >= 0.3 is 6.03 Å². The summed E-state index contributed by atoms with van der Waals surface area (Å²) in [6.45, 7) is -0.549. The van der Waals surface area contributed by atoms with Crippen LogP contribution in [0.25, 0.3) is 0 Å². The third kappa shape index (κ3) is 4.66. The average Bonchev–Trinajstić information content (AvgIpc) is 3.18. The molecule has 0 aromatic rings. The van der Waals surface area contributed by atoms with E-state index in [1.165, 1.54) is 0 Å². The van der Waals surface area contributed by atoms with E-state index >= 15 is 0 Å². The smallest absolute Gasteiger partial charge is 0.315 e. The highest BCUT2D eigenvalue weighted by molar-refractivity contribution is 8.00. The fourth-order valence-electron chi connectivity index (χ4n) is 3.79. The number of ether oxygens (including phenoxy) is 1. The molecule has 154 valence electrons. The molecule has 10 nitrogen and oxygen atoms in total. The van der Waals surface area contributed by atoms with Crippen molar-refractivity contribution in [2.24, 2.45) is 0 Å². The number of thioether (sulfide) groups is 1. The van der Waals surface area contributed by atoms with Gasteiger partial charge in [0.2, 0.25) is 5.91 Å². The Kier molecular flexibility index (Phi) is 6.82. The predicted octanol–water partition coefficient (Wildman–Crippen LogP) is -2.37. The molecule has 0 aromatic carbocycles. The van der Waals surface area contributed by atoms with E-state index in [9.17, 15) is 24.9 Å². The van der Waals surface area contributed by atoms with Crippen LogP contribution in [0.4, 0.5) is 4.79 Å². The van der Waals surface area contributed by atoms with E-state index in [0.717, 1.165) is 18.6 Å². The Balaban J connectivity index is 1.37. The van der Waals surface area contributed by atoms with Crippen LogP contribution in [0.15, 0.2) is 0 Å². The number of rotatable bonds is 7. The Hall–Kier alpha value is -1.11. The molecule has 3 heterocycles. The minimum atomic E-state index is -1.50. The van der Waals surface area contributed by atoms with Crippen LogP contribution < -0.4 is 16.0 Å². The lowest BCUT2D eigenvalue weighted by atomic mass is 9.97. The SMILES string of the molecule is O=C(CCCC[C@@H]1SC[C@@H]2NC(=O)N[C@@H]21)N[C@@H]1[C@@H](O)[C@H](O)[C@@H](CO)O[C@H]1O. The van der Waals surface area contributed by atoms with Crippen LogP contribution in [0.1, 0.15) is 25.7 Å². The van der Waals surface area contributed by atoms with Crippen LogP contribution in [-0.2, 0) is 9.53 Å². The summed E-state index contributed by atoms with van der Waals surface area (Å²) in [6.07, 6.45) is -2.89. The molecule has 11 heteroatoms. The van der Waals surface area contributed by atoms with Gasteiger partial charge in [0.15, 0.2) is 6.29 Å². The molecule has 0 unspecified atom stereocenters. The van der Waals surface area contributed by atoms with E-state index < -0.39 is 37.3 Å². The van der Waals surface area contributed by atoms with Crippen LogP contribution in [0.2, 0.25) is 0 Å². The molecule has 3 aliphatic heterocycles. The van der Waals surface area contributed by atoms with E-state index in [4.69, 9.17) is 9.84 Å². The van der Waals surface area contributed by atoms with E-state index in [1.807, 2.05) is 11.8 Å². The van der Waals surface area contributed by atoms with Gasteiger partial charge in [0.1, 0.15) is 24.4 Å². The maximum absolute atomic E-state index is 12.1. The van der Waals surface area contributed by atoms with Crippen molar-refractivity contribution in [3.05, 3.63) is 0 Å². The molecule has 0 bridgehead atoms. The lowest BCUT2D eigenvalue weighted by Crippen LogP contribution is -2.64. The van der Waals surface area contributed by atoms with Gasteiger partial charge in [-0.05, 0) is 12.8 Å². The van der Waals surface area contributed by atoms with Crippen LogP contribution in [0.3, 0.4) is 0 Å². The first-order valence-electron chi connectivity index (χ1n) is 9.19. The van der Waals surface area contributed by atoms with E-state index in [-0.39, 0.29) is 30.4 Å². The van der Waals surface area contributed by atoms with Crippen LogP contribution in [-0.4, -0.2) is 92.7 Å². The highest BCUT2D eigenvalue weighted by Crippen LogP contribution is 2.33. The predicted molar refractivity (Wildman–Crippen MR) is 95.9 cm³/mol. The summed E-state index contributed by atoms with van der Waals surface area (Å²) in [7, 11) is 0. The number of aliphatic hydroxyl groups excluding tert-OH is 4. The first-order valence-corrected chi connectivity index (χ1v) is 10.2. The maximum atomic E-state index is 12.1. The van der Waals surface area contributed by atoms with Crippen molar-refractivity contribution >= 4 is 23.7 Å². The van der Waals surface area contributed by atoms with Crippen LogP contribution in [0.5, 0.6) is 0 Å². The highest BCUT2D eigenvalue weighted by Gasteiger charge is 2.44. The van der Waals surface area contributed by atoms with Crippen molar-refractivity contribution in [1.82, 2.24) is 16.0 Å². The molecule has 3 amide bonds. The molecule has 0 aromatic heterocycles. The summed E-state index contributed by atoms with van der Waals surface area (Å²) in [6, 6.07) is -0.949. The topological polar surface area (TPSA) is 160 Å². The van der Waals surface area contributed by atoms with Crippen molar-refractivity contribution in [2.45, 2.75) is 73.7 Å². The maximum Gasteiger partial charge on any atom is 0.315 e. The molecule has 3 fully saturated rings. The van der Waals surface area contributed by atoms with Gasteiger partial charge in [-0.2, -0.15) is 11.8 Å². The quantitative estimate of drug-likeness (QED) is 0.183. The number of urea groups is 1. The molecule has 3 saturated heterocycles. The largest absolute Gasteiger partial charge is 0.394 e. The van der Waals surface area contributed by atoms with E-state index in [2.05, 4.69) is 16.0 Å². The second kappa shape index (κ2) is 8.93. The Labute approximate surface area is 161 Å². The molecular formula is C16H27N3O7S. The number of carbonyl (C=O) groups excluding carboxylic acids is 2. The molecule has 7 N–H and O–H groups in total.